The second-order valence-corrected chi connectivity index (χ2v) is 8.11. The van der Waals surface area contributed by atoms with Crippen molar-refractivity contribution < 1.29 is 23.9 Å². The molecule has 0 atom stereocenters. The van der Waals surface area contributed by atoms with Gasteiger partial charge >= 0.3 is 11.9 Å². The number of thiophene rings is 1. The highest BCUT2D eigenvalue weighted by atomic mass is 32.1. The second kappa shape index (κ2) is 9.88. The third-order valence-electron chi connectivity index (χ3n) is 5.33. The average Bonchev–Trinajstić information content (AvgIpc) is 3.01. The van der Waals surface area contributed by atoms with Crippen molar-refractivity contribution in [2.45, 2.75) is 58.8 Å². The van der Waals surface area contributed by atoms with E-state index < -0.39 is 11.9 Å². The number of nitrogens with one attached hydrogen (secondary N) is 1. The van der Waals surface area contributed by atoms with Crippen LogP contribution in [0.4, 0.5) is 5.00 Å². The lowest BCUT2D eigenvalue weighted by atomic mass is 9.79. The number of ether oxygens (including phenoxy) is 2. The van der Waals surface area contributed by atoms with E-state index in [1.165, 1.54) is 33.5 Å². The number of amides is 1. The predicted molar refractivity (Wildman–Crippen MR) is 105 cm³/mol. The molecule has 1 aromatic heterocycles. The van der Waals surface area contributed by atoms with Crippen LogP contribution in [-0.2, 0) is 14.3 Å². The normalized spacial score (nSPS) is 19.4. The predicted octanol–water partition coefficient (Wildman–Crippen LogP) is 4.56. The average molecular weight is 396 g/mol. The number of carbonyl (C=O) groups is 3. The molecule has 1 fully saturated rings. The Kier molecular flexibility index (Phi) is 7.83. The molecule has 1 aliphatic rings. The van der Waals surface area contributed by atoms with E-state index >= 15 is 0 Å². The first-order chi connectivity index (χ1) is 12.9. The summed E-state index contributed by atoms with van der Waals surface area (Å²) in [5.41, 5.74) is 0.699. The Hall–Kier alpha value is -1.89. The van der Waals surface area contributed by atoms with Crippen molar-refractivity contribution in [2.24, 2.45) is 11.8 Å². The van der Waals surface area contributed by atoms with Gasteiger partial charge in [0, 0.05) is 5.92 Å². The van der Waals surface area contributed by atoms with Crippen molar-refractivity contribution in [1.82, 2.24) is 0 Å². The molecule has 1 N–H and O–H groups in total. The van der Waals surface area contributed by atoms with Crippen LogP contribution in [0.3, 0.4) is 0 Å². The van der Waals surface area contributed by atoms with E-state index in [-0.39, 0.29) is 17.4 Å². The fourth-order valence-corrected chi connectivity index (χ4v) is 4.77. The third kappa shape index (κ3) is 5.09. The fourth-order valence-electron chi connectivity index (χ4n) is 3.66. The van der Waals surface area contributed by atoms with Crippen LogP contribution < -0.4 is 5.32 Å². The van der Waals surface area contributed by atoms with Crippen molar-refractivity contribution in [1.29, 1.82) is 0 Å². The molecular formula is C20H29NO5S. The zero-order valence-electron chi connectivity index (χ0n) is 16.6. The van der Waals surface area contributed by atoms with Crippen molar-refractivity contribution in [3.05, 3.63) is 16.0 Å². The Bertz CT molecular complexity index is 689. The van der Waals surface area contributed by atoms with Gasteiger partial charge in [-0.1, -0.05) is 26.2 Å². The molecule has 1 saturated carbocycles. The Morgan fingerprint density at radius 1 is 1.07 bits per heavy atom. The molecule has 2 rings (SSSR count). The van der Waals surface area contributed by atoms with Crippen molar-refractivity contribution >= 4 is 34.2 Å². The molecule has 1 aromatic rings. The van der Waals surface area contributed by atoms with Gasteiger partial charge in [-0.25, -0.2) is 9.59 Å². The van der Waals surface area contributed by atoms with E-state index in [0.717, 1.165) is 42.9 Å². The van der Waals surface area contributed by atoms with Crippen LogP contribution in [0.1, 0.15) is 77.5 Å². The smallest absolute Gasteiger partial charge is 0.348 e. The summed E-state index contributed by atoms with van der Waals surface area (Å²) in [6, 6.07) is 0. The number of esters is 2. The number of methoxy groups -OCH3 is 2. The topological polar surface area (TPSA) is 81.7 Å². The highest BCUT2D eigenvalue weighted by molar-refractivity contribution is 7.18. The summed E-state index contributed by atoms with van der Waals surface area (Å²) in [6.07, 6.45) is 7.55. The van der Waals surface area contributed by atoms with Gasteiger partial charge in [0.25, 0.3) is 0 Å². The van der Waals surface area contributed by atoms with Gasteiger partial charge in [-0.15, -0.1) is 11.3 Å². The molecule has 1 aliphatic carbocycles. The molecular weight excluding hydrogens is 366 g/mol. The van der Waals surface area contributed by atoms with Gasteiger partial charge in [0.05, 0.1) is 19.8 Å². The minimum Gasteiger partial charge on any atom is -0.465 e. The van der Waals surface area contributed by atoms with Crippen LogP contribution in [0.15, 0.2) is 0 Å². The number of hydrogen-bond acceptors (Lipinski definition) is 6. The summed E-state index contributed by atoms with van der Waals surface area (Å²) in [6.45, 7) is 3.85. The number of rotatable bonds is 7. The number of anilines is 1. The maximum Gasteiger partial charge on any atom is 0.348 e. The molecule has 7 heteroatoms. The minimum absolute atomic E-state index is 0.0580. The lowest BCUT2D eigenvalue weighted by molar-refractivity contribution is -0.121. The molecule has 1 heterocycles. The van der Waals surface area contributed by atoms with Crippen LogP contribution in [0.5, 0.6) is 0 Å². The monoisotopic (exact) mass is 395 g/mol. The van der Waals surface area contributed by atoms with E-state index in [9.17, 15) is 14.4 Å². The van der Waals surface area contributed by atoms with Gasteiger partial charge in [0.1, 0.15) is 9.88 Å². The lowest BCUT2D eigenvalue weighted by Crippen LogP contribution is -2.27. The van der Waals surface area contributed by atoms with Gasteiger partial charge < -0.3 is 14.8 Å². The van der Waals surface area contributed by atoms with Crippen LogP contribution in [-0.4, -0.2) is 32.1 Å². The number of unbranched alkanes of at least 4 members (excludes halogenated alkanes) is 1. The van der Waals surface area contributed by atoms with Gasteiger partial charge in [-0.05, 0) is 44.1 Å². The summed E-state index contributed by atoms with van der Waals surface area (Å²) < 4.78 is 9.60. The molecule has 0 unspecified atom stereocenters. The molecule has 1 amide bonds. The van der Waals surface area contributed by atoms with Gasteiger partial charge in [-0.2, -0.15) is 0 Å². The van der Waals surface area contributed by atoms with Gasteiger partial charge in [-0.3, -0.25) is 4.79 Å². The summed E-state index contributed by atoms with van der Waals surface area (Å²) in [5.74, 6) is -0.532. The Balaban J connectivity index is 2.11. The molecule has 0 radical (unpaired) electrons. The first-order valence-electron chi connectivity index (χ1n) is 9.53. The van der Waals surface area contributed by atoms with E-state index in [2.05, 4.69) is 12.2 Å². The quantitative estimate of drug-likeness (QED) is 0.684. The fraction of sp³-hybridized carbons (Fsp3) is 0.650. The lowest BCUT2D eigenvalue weighted by Gasteiger charge is -2.27. The molecule has 0 saturated heterocycles. The van der Waals surface area contributed by atoms with E-state index in [1.54, 1.807) is 6.92 Å². The molecule has 150 valence electrons. The van der Waals surface area contributed by atoms with Crippen molar-refractivity contribution in [3.63, 3.8) is 0 Å². The maximum absolute atomic E-state index is 12.7. The second-order valence-electron chi connectivity index (χ2n) is 7.09. The molecule has 0 bridgehead atoms. The molecule has 0 aromatic carbocycles. The Labute approximate surface area is 164 Å². The summed E-state index contributed by atoms with van der Waals surface area (Å²) >= 11 is 1.06. The largest absolute Gasteiger partial charge is 0.465 e. The van der Waals surface area contributed by atoms with Crippen LogP contribution >= 0.6 is 11.3 Å². The summed E-state index contributed by atoms with van der Waals surface area (Å²) in [7, 11) is 2.56. The van der Waals surface area contributed by atoms with Gasteiger partial charge in [0.2, 0.25) is 5.91 Å². The highest BCUT2D eigenvalue weighted by Gasteiger charge is 2.30. The van der Waals surface area contributed by atoms with Crippen molar-refractivity contribution in [2.75, 3.05) is 19.5 Å². The molecule has 0 aliphatic heterocycles. The molecule has 0 spiro atoms. The maximum atomic E-state index is 12.7. The zero-order valence-corrected chi connectivity index (χ0v) is 17.4. The third-order valence-corrected chi connectivity index (χ3v) is 6.51. The first kappa shape index (κ1) is 21.4. The highest BCUT2D eigenvalue weighted by Crippen LogP contribution is 2.36. The first-order valence-corrected chi connectivity index (χ1v) is 10.3. The van der Waals surface area contributed by atoms with Gasteiger partial charge in [0.15, 0.2) is 0 Å². The number of hydrogen-bond donors (Lipinski definition) is 1. The SMILES string of the molecule is CCCCC1CCC(C(=O)Nc2sc(C(=O)OC)c(C)c2C(=O)OC)CC1. The Morgan fingerprint density at radius 2 is 1.70 bits per heavy atom. The van der Waals surface area contributed by atoms with Crippen LogP contribution in [0.2, 0.25) is 0 Å². The van der Waals surface area contributed by atoms with E-state index in [4.69, 9.17) is 9.47 Å². The molecule has 6 nitrogen and oxygen atoms in total. The summed E-state index contributed by atoms with van der Waals surface area (Å²) in [4.78, 5) is 37.1. The minimum atomic E-state index is -0.572. The standard InChI is InChI=1S/C20H29NO5S/c1-5-6-7-13-8-10-14(11-9-13)17(22)21-18-15(19(23)25-3)12(2)16(27-18)20(24)26-4/h13-14H,5-11H2,1-4H3,(H,21,22). The number of carbonyl (C=O) groups excluding carboxylic acids is 3. The Morgan fingerprint density at radius 3 is 2.26 bits per heavy atom. The zero-order chi connectivity index (χ0) is 20.0. The van der Waals surface area contributed by atoms with Crippen LogP contribution in [0.25, 0.3) is 0 Å². The molecule has 27 heavy (non-hydrogen) atoms. The van der Waals surface area contributed by atoms with E-state index in [1.807, 2.05) is 0 Å². The van der Waals surface area contributed by atoms with Crippen LogP contribution in [0, 0.1) is 18.8 Å². The summed E-state index contributed by atoms with van der Waals surface area (Å²) in [5, 5.41) is 3.22. The van der Waals surface area contributed by atoms with Crippen molar-refractivity contribution in [3.8, 4) is 0 Å². The van der Waals surface area contributed by atoms with E-state index in [0.29, 0.717) is 15.4 Å².